The van der Waals surface area contributed by atoms with E-state index in [4.69, 9.17) is 14.8 Å². The summed E-state index contributed by atoms with van der Waals surface area (Å²) in [5, 5.41) is 18.8. The lowest BCUT2D eigenvalue weighted by molar-refractivity contribution is 0.0409. The molecule has 5 aromatic rings. The Labute approximate surface area is 209 Å². The van der Waals surface area contributed by atoms with Gasteiger partial charge in [0, 0.05) is 12.7 Å². The maximum absolute atomic E-state index is 11.9. The second-order valence-corrected chi connectivity index (χ2v) is 9.19. The Balaban J connectivity index is 1.33. The van der Waals surface area contributed by atoms with Gasteiger partial charge in [0.25, 0.3) is 0 Å². The van der Waals surface area contributed by atoms with E-state index in [0.717, 1.165) is 52.0 Å². The Kier molecular flexibility index (Phi) is 5.42. The molecule has 0 fully saturated rings. The molecule has 1 atom stereocenters. The molecule has 0 radical (unpaired) electrons. The van der Waals surface area contributed by atoms with E-state index in [-0.39, 0.29) is 0 Å². The van der Waals surface area contributed by atoms with Crippen LogP contribution in [-0.4, -0.2) is 36.5 Å². The quantitative estimate of drug-likeness (QED) is 0.380. The molecule has 0 saturated heterocycles. The van der Waals surface area contributed by atoms with Crippen LogP contribution >= 0.6 is 0 Å². The summed E-state index contributed by atoms with van der Waals surface area (Å²) in [6.07, 6.45) is 9.01. The van der Waals surface area contributed by atoms with Crippen molar-refractivity contribution in [3.8, 4) is 11.4 Å². The monoisotopic (exact) mass is 477 g/mol. The predicted molar refractivity (Wildman–Crippen MR) is 140 cm³/mol. The fourth-order valence-corrected chi connectivity index (χ4v) is 5.06. The second-order valence-electron chi connectivity index (χ2n) is 9.19. The molecule has 0 amide bonds. The summed E-state index contributed by atoms with van der Waals surface area (Å²) < 4.78 is 9.42. The standard InChI is InChI=1S/C29H27N5O2/c1-20-18-33(19-30-20)25-13-11-21(17-26(25)36-2)12-14-27-31-28-29(35,15-6-16-34(28)32-27)24-10-5-8-22-7-3-4-9-23(22)24/h3-5,7-14,17-19,35H,6,15-16H2,1-2H3/b14-12+/t29-/m0/s1. The lowest BCUT2D eigenvalue weighted by Gasteiger charge is -2.32. The zero-order valence-electron chi connectivity index (χ0n) is 20.3. The topological polar surface area (TPSA) is 78.0 Å². The summed E-state index contributed by atoms with van der Waals surface area (Å²) in [5.74, 6) is 1.91. The number of ether oxygens (including phenoxy) is 1. The van der Waals surface area contributed by atoms with Crippen molar-refractivity contribution in [2.24, 2.45) is 0 Å². The number of rotatable bonds is 5. The molecule has 0 spiro atoms. The second kappa shape index (κ2) is 8.77. The van der Waals surface area contributed by atoms with Crippen molar-refractivity contribution in [3.63, 3.8) is 0 Å². The van der Waals surface area contributed by atoms with Gasteiger partial charge in [0.15, 0.2) is 11.6 Å². The van der Waals surface area contributed by atoms with E-state index in [1.165, 1.54) is 0 Å². The lowest BCUT2D eigenvalue weighted by atomic mass is 9.83. The molecule has 2 aromatic heterocycles. The molecular formula is C29H27N5O2. The van der Waals surface area contributed by atoms with Crippen LogP contribution in [0.1, 0.15) is 41.3 Å². The van der Waals surface area contributed by atoms with Gasteiger partial charge in [0.2, 0.25) is 0 Å². The summed E-state index contributed by atoms with van der Waals surface area (Å²) in [6, 6.07) is 20.2. The molecule has 1 aliphatic rings. The predicted octanol–water partition coefficient (Wildman–Crippen LogP) is 5.13. The first kappa shape index (κ1) is 22.2. The summed E-state index contributed by atoms with van der Waals surface area (Å²) in [5.41, 5.74) is 2.51. The third-order valence-corrected chi connectivity index (χ3v) is 6.82. The fraction of sp³-hybridized carbons (Fsp3) is 0.207. The molecule has 7 heteroatoms. The number of fused-ring (bicyclic) bond motifs is 2. The smallest absolute Gasteiger partial charge is 0.174 e. The van der Waals surface area contributed by atoms with Crippen LogP contribution in [0.5, 0.6) is 5.75 Å². The number of hydrogen-bond donors (Lipinski definition) is 1. The Morgan fingerprint density at radius 2 is 1.92 bits per heavy atom. The van der Waals surface area contributed by atoms with Gasteiger partial charge in [-0.05, 0) is 59.9 Å². The van der Waals surface area contributed by atoms with Crippen molar-refractivity contribution in [2.75, 3.05) is 7.11 Å². The number of aryl methyl sites for hydroxylation is 2. The van der Waals surface area contributed by atoms with Crippen LogP contribution < -0.4 is 4.74 Å². The van der Waals surface area contributed by atoms with E-state index in [9.17, 15) is 5.11 Å². The van der Waals surface area contributed by atoms with Crippen molar-refractivity contribution in [1.82, 2.24) is 24.3 Å². The summed E-state index contributed by atoms with van der Waals surface area (Å²) in [7, 11) is 1.66. The normalized spacial score (nSPS) is 17.5. The van der Waals surface area contributed by atoms with Gasteiger partial charge < -0.3 is 14.4 Å². The van der Waals surface area contributed by atoms with Crippen LogP contribution in [0.25, 0.3) is 28.6 Å². The van der Waals surface area contributed by atoms with Crippen LogP contribution in [0.2, 0.25) is 0 Å². The summed E-state index contributed by atoms with van der Waals surface area (Å²) in [6.45, 7) is 2.69. The Hall–Kier alpha value is -4.23. The van der Waals surface area contributed by atoms with Crippen molar-refractivity contribution in [2.45, 2.75) is 31.9 Å². The molecule has 3 aromatic carbocycles. The highest BCUT2D eigenvalue weighted by Gasteiger charge is 2.40. The molecule has 1 N–H and O–H groups in total. The van der Waals surface area contributed by atoms with E-state index >= 15 is 0 Å². The number of benzene rings is 3. The van der Waals surface area contributed by atoms with Gasteiger partial charge in [-0.15, -0.1) is 0 Å². The Morgan fingerprint density at radius 1 is 1.06 bits per heavy atom. The maximum atomic E-state index is 11.9. The van der Waals surface area contributed by atoms with Crippen LogP contribution in [0.15, 0.2) is 73.2 Å². The molecule has 36 heavy (non-hydrogen) atoms. The fourth-order valence-electron chi connectivity index (χ4n) is 5.06. The van der Waals surface area contributed by atoms with Crippen molar-refractivity contribution >= 4 is 22.9 Å². The number of imidazole rings is 1. The van der Waals surface area contributed by atoms with Crippen LogP contribution in [0.3, 0.4) is 0 Å². The molecule has 3 heterocycles. The molecule has 0 bridgehead atoms. The number of methoxy groups -OCH3 is 1. The minimum Gasteiger partial charge on any atom is -0.495 e. The number of nitrogens with zero attached hydrogens (tertiary/aromatic N) is 5. The van der Waals surface area contributed by atoms with Crippen LogP contribution in [-0.2, 0) is 12.1 Å². The lowest BCUT2D eigenvalue weighted by Crippen LogP contribution is -2.35. The molecular weight excluding hydrogens is 450 g/mol. The molecule has 1 aliphatic heterocycles. The molecule has 6 rings (SSSR count). The van der Waals surface area contributed by atoms with Gasteiger partial charge in [0.1, 0.15) is 11.4 Å². The minimum absolute atomic E-state index is 0.568. The first-order valence-electron chi connectivity index (χ1n) is 12.1. The SMILES string of the molecule is COc1cc(/C=C/c2nc3n(n2)CCC[C@]3(O)c2cccc3ccccc23)ccc1-n1cnc(C)c1. The van der Waals surface area contributed by atoms with Crippen molar-refractivity contribution < 1.29 is 9.84 Å². The zero-order valence-corrected chi connectivity index (χ0v) is 20.3. The van der Waals surface area contributed by atoms with Gasteiger partial charge in [0.05, 0.1) is 24.8 Å². The zero-order chi connectivity index (χ0) is 24.7. The minimum atomic E-state index is -1.19. The first-order valence-corrected chi connectivity index (χ1v) is 12.1. The van der Waals surface area contributed by atoms with Crippen molar-refractivity contribution in [3.05, 3.63) is 102 Å². The van der Waals surface area contributed by atoms with E-state index in [1.54, 1.807) is 13.4 Å². The van der Waals surface area contributed by atoms with Gasteiger partial charge in [-0.3, -0.25) is 0 Å². The maximum Gasteiger partial charge on any atom is 0.174 e. The summed E-state index contributed by atoms with van der Waals surface area (Å²) in [4.78, 5) is 9.09. The largest absolute Gasteiger partial charge is 0.495 e. The number of aromatic nitrogens is 5. The molecule has 0 unspecified atom stereocenters. The summed E-state index contributed by atoms with van der Waals surface area (Å²) >= 11 is 0. The van der Waals surface area contributed by atoms with E-state index < -0.39 is 5.60 Å². The van der Waals surface area contributed by atoms with E-state index in [0.29, 0.717) is 18.1 Å². The molecule has 180 valence electrons. The van der Waals surface area contributed by atoms with Crippen LogP contribution in [0.4, 0.5) is 0 Å². The Morgan fingerprint density at radius 3 is 2.75 bits per heavy atom. The third kappa shape index (κ3) is 3.78. The van der Waals surface area contributed by atoms with Gasteiger partial charge in [-0.1, -0.05) is 54.6 Å². The first-order chi connectivity index (χ1) is 17.5. The highest BCUT2D eigenvalue weighted by atomic mass is 16.5. The van der Waals surface area contributed by atoms with Gasteiger partial charge >= 0.3 is 0 Å². The van der Waals surface area contributed by atoms with E-state index in [1.807, 2.05) is 77.0 Å². The third-order valence-electron chi connectivity index (χ3n) is 6.82. The van der Waals surface area contributed by atoms with Crippen molar-refractivity contribution in [1.29, 1.82) is 0 Å². The molecule has 0 aliphatic carbocycles. The number of hydrogen-bond acceptors (Lipinski definition) is 5. The average molecular weight is 478 g/mol. The van der Waals surface area contributed by atoms with Gasteiger partial charge in [-0.25, -0.2) is 14.6 Å². The van der Waals surface area contributed by atoms with E-state index in [2.05, 4.69) is 23.2 Å². The Bertz CT molecular complexity index is 1590. The number of aliphatic hydroxyl groups is 1. The highest BCUT2D eigenvalue weighted by molar-refractivity contribution is 5.86. The molecule has 7 nitrogen and oxygen atoms in total. The average Bonchev–Trinajstić information content (AvgIpc) is 3.54. The highest BCUT2D eigenvalue weighted by Crippen LogP contribution is 2.40. The molecule has 0 saturated carbocycles. The van der Waals surface area contributed by atoms with Gasteiger partial charge in [-0.2, -0.15) is 5.10 Å². The van der Waals surface area contributed by atoms with Crippen LogP contribution in [0, 0.1) is 6.92 Å².